The number of likely N-dealkylation sites (tertiary alicyclic amines) is 1. The fourth-order valence-electron chi connectivity index (χ4n) is 2.48. The lowest BCUT2D eigenvalue weighted by Gasteiger charge is -2.25. The van der Waals surface area contributed by atoms with Crippen molar-refractivity contribution in [1.82, 2.24) is 4.90 Å². The molecule has 19 heavy (non-hydrogen) atoms. The molecule has 1 heterocycles. The van der Waals surface area contributed by atoms with E-state index in [9.17, 15) is 4.79 Å². The third kappa shape index (κ3) is 3.72. The van der Waals surface area contributed by atoms with Crippen LogP contribution in [0.15, 0.2) is 24.3 Å². The molecule has 0 spiro atoms. The van der Waals surface area contributed by atoms with E-state index in [2.05, 4.69) is 0 Å². The molecular weight excluding hydrogens is 238 g/mol. The maximum absolute atomic E-state index is 12.4. The predicted octanol–water partition coefficient (Wildman–Crippen LogP) is 3.16. The number of aryl methyl sites for hydroxylation is 1. The summed E-state index contributed by atoms with van der Waals surface area (Å²) in [6.07, 6.45) is 4.29. The van der Waals surface area contributed by atoms with Gasteiger partial charge in [-0.15, -0.1) is 0 Å². The molecule has 0 bridgehead atoms. The molecule has 1 atom stereocenters. The number of benzene rings is 1. The van der Waals surface area contributed by atoms with E-state index in [4.69, 9.17) is 4.74 Å². The SMILES string of the molecule is Cc1ccccc1O[C@@H](C)C(=O)N1CCCCCC1. The van der Waals surface area contributed by atoms with E-state index in [0.29, 0.717) is 0 Å². The zero-order valence-corrected chi connectivity index (χ0v) is 11.9. The number of amides is 1. The summed E-state index contributed by atoms with van der Waals surface area (Å²) in [5.74, 6) is 0.920. The predicted molar refractivity (Wildman–Crippen MR) is 76.3 cm³/mol. The van der Waals surface area contributed by atoms with Gasteiger partial charge in [-0.05, 0) is 38.3 Å². The lowest BCUT2D eigenvalue weighted by Crippen LogP contribution is -2.41. The maximum Gasteiger partial charge on any atom is 0.263 e. The second-order valence-corrected chi connectivity index (χ2v) is 5.27. The van der Waals surface area contributed by atoms with E-state index in [1.807, 2.05) is 43.0 Å². The van der Waals surface area contributed by atoms with Crippen LogP contribution in [0.2, 0.25) is 0 Å². The van der Waals surface area contributed by atoms with E-state index in [-0.39, 0.29) is 5.91 Å². The van der Waals surface area contributed by atoms with Crippen LogP contribution in [0, 0.1) is 6.92 Å². The molecule has 0 aromatic heterocycles. The average molecular weight is 261 g/mol. The quantitative estimate of drug-likeness (QED) is 0.836. The van der Waals surface area contributed by atoms with Crippen LogP contribution in [0.25, 0.3) is 0 Å². The first-order valence-electron chi connectivity index (χ1n) is 7.19. The fraction of sp³-hybridized carbons (Fsp3) is 0.562. The molecule has 1 aromatic rings. The molecule has 1 fully saturated rings. The molecule has 3 heteroatoms. The van der Waals surface area contributed by atoms with Gasteiger partial charge in [0.2, 0.25) is 0 Å². The Morgan fingerprint density at radius 3 is 2.42 bits per heavy atom. The van der Waals surface area contributed by atoms with Crippen LogP contribution < -0.4 is 4.74 Å². The Hall–Kier alpha value is -1.51. The zero-order chi connectivity index (χ0) is 13.7. The van der Waals surface area contributed by atoms with Crippen LogP contribution in [0.5, 0.6) is 5.75 Å². The summed E-state index contributed by atoms with van der Waals surface area (Å²) >= 11 is 0. The van der Waals surface area contributed by atoms with Crippen molar-refractivity contribution >= 4 is 5.91 Å². The summed E-state index contributed by atoms with van der Waals surface area (Å²) in [5, 5.41) is 0. The number of hydrogen-bond donors (Lipinski definition) is 0. The minimum absolute atomic E-state index is 0.116. The highest BCUT2D eigenvalue weighted by molar-refractivity contribution is 5.81. The minimum Gasteiger partial charge on any atom is -0.481 e. The molecule has 0 unspecified atom stereocenters. The maximum atomic E-state index is 12.4. The van der Waals surface area contributed by atoms with Crippen LogP contribution in [0.3, 0.4) is 0 Å². The normalized spacial score (nSPS) is 17.7. The summed E-state index contributed by atoms with van der Waals surface area (Å²) in [4.78, 5) is 14.3. The highest BCUT2D eigenvalue weighted by atomic mass is 16.5. The number of rotatable bonds is 3. The molecule has 1 aliphatic rings. The minimum atomic E-state index is -0.404. The van der Waals surface area contributed by atoms with Crippen molar-refractivity contribution in [2.45, 2.75) is 45.6 Å². The number of carbonyl (C=O) groups is 1. The molecule has 1 aromatic carbocycles. The molecule has 0 saturated carbocycles. The van der Waals surface area contributed by atoms with Crippen molar-refractivity contribution in [3.05, 3.63) is 29.8 Å². The Bertz CT molecular complexity index is 423. The van der Waals surface area contributed by atoms with E-state index < -0.39 is 6.10 Å². The van der Waals surface area contributed by atoms with Gasteiger partial charge in [-0.3, -0.25) is 4.79 Å². The van der Waals surface area contributed by atoms with E-state index in [1.165, 1.54) is 12.8 Å². The monoisotopic (exact) mass is 261 g/mol. The molecule has 0 aliphatic carbocycles. The zero-order valence-electron chi connectivity index (χ0n) is 11.9. The van der Waals surface area contributed by atoms with Gasteiger partial charge in [0.1, 0.15) is 5.75 Å². The van der Waals surface area contributed by atoms with Gasteiger partial charge in [-0.2, -0.15) is 0 Å². The van der Waals surface area contributed by atoms with Gasteiger partial charge in [0, 0.05) is 13.1 Å². The number of carbonyl (C=O) groups excluding carboxylic acids is 1. The van der Waals surface area contributed by atoms with E-state index >= 15 is 0 Å². The Morgan fingerprint density at radius 2 is 1.79 bits per heavy atom. The number of nitrogens with zero attached hydrogens (tertiary/aromatic N) is 1. The van der Waals surface area contributed by atoms with Gasteiger partial charge in [-0.1, -0.05) is 31.0 Å². The number of para-hydroxylation sites is 1. The highest BCUT2D eigenvalue weighted by Crippen LogP contribution is 2.19. The van der Waals surface area contributed by atoms with Gasteiger partial charge >= 0.3 is 0 Å². The van der Waals surface area contributed by atoms with Crippen molar-refractivity contribution < 1.29 is 9.53 Å². The van der Waals surface area contributed by atoms with Gasteiger partial charge in [0.05, 0.1) is 0 Å². The van der Waals surface area contributed by atoms with Gasteiger partial charge in [0.15, 0.2) is 6.10 Å². The highest BCUT2D eigenvalue weighted by Gasteiger charge is 2.23. The first-order valence-corrected chi connectivity index (χ1v) is 7.19. The molecule has 104 valence electrons. The Balaban J connectivity index is 1.97. The summed E-state index contributed by atoms with van der Waals surface area (Å²) in [6.45, 7) is 5.60. The molecule has 3 nitrogen and oxygen atoms in total. The van der Waals surface area contributed by atoms with Crippen LogP contribution in [-0.4, -0.2) is 30.0 Å². The van der Waals surface area contributed by atoms with Crippen molar-refractivity contribution in [2.24, 2.45) is 0 Å². The van der Waals surface area contributed by atoms with Gasteiger partial charge in [-0.25, -0.2) is 0 Å². The Labute approximate surface area is 115 Å². The largest absolute Gasteiger partial charge is 0.481 e. The third-order valence-electron chi connectivity index (χ3n) is 3.66. The topological polar surface area (TPSA) is 29.5 Å². The number of ether oxygens (including phenoxy) is 1. The fourth-order valence-corrected chi connectivity index (χ4v) is 2.48. The van der Waals surface area contributed by atoms with Crippen molar-refractivity contribution in [3.8, 4) is 5.75 Å². The van der Waals surface area contributed by atoms with E-state index in [1.54, 1.807) is 0 Å². The first-order chi connectivity index (χ1) is 9.18. The Kier molecular flexibility index (Phi) is 4.83. The summed E-state index contributed by atoms with van der Waals surface area (Å²) in [5.41, 5.74) is 1.07. The van der Waals surface area contributed by atoms with Crippen LogP contribution in [0.4, 0.5) is 0 Å². The second kappa shape index (κ2) is 6.60. The average Bonchev–Trinajstić information content (AvgIpc) is 2.69. The summed E-state index contributed by atoms with van der Waals surface area (Å²) < 4.78 is 5.81. The smallest absolute Gasteiger partial charge is 0.263 e. The van der Waals surface area contributed by atoms with Crippen LogP contribution >= 0.6 is 0 Å². The third-order valence-corrected chi connectivity index (χ3v) is 3.66. The molecule has 2 rings (SSSR count). The van der Waals surface area contributed by atoms with Crippen molar-refractivity contribution in [2.75, 3.05) is 13.1 Å². The van der Waals surface area contributed by atoms with Crippen molar-refractivity contribution in [3.63, 3.8) is 0 Å². The second-order valence-electron chi connectivity index (χ2n) is 5.27. The number of hydrogen-bond acceptors (Lipinski definition) is 2. The molecule has 0 N–H and O–H groups in total. The van der Waals surface area contributed by atoms with E-state index in [0.717, 1.165) is 37.2 Å². The molecule has 1 aliphatic heterocycles. The molecule has 1 saturated heterocycles. The van der Waals surface area contributed by atoms with Gasteiger partial charge < -0.3 is 9.64 Å². The first kappa shape index (κ1) is 13.9. The standard InChI is InChI=1S/C16H23NO2/c1-13-9-5-6-10-15(13)19-14(2)16(18)17-11-7-3-4-8-12-17/h5-6,9-10,14H,3-4,7-8,11-12H2,1-2H3/t14-/m0/s1. The molecule has 0 radical (unpaired) electrons. The molecular formula is C16H23NO2. The van der Waals surface area contributed by atoms with Gasteiger partial charge in [0.25, 0.3) is 5.91 Å². The lowest BCUT2D eigenvalue weighted by molar-refractivity contribution is -0.137. The Morgan fingerprint density at radius 1 is 1.16 bits per heavy atom. The van der Waals surface area contributed by atoms with Crippen LogP contribution in [0.1, 0.15) is 38.2 Å². The summed E-state index contributed by atoms with van der Waals surface area (Å²) in [7, 11) is 0. The summed E-state index contributed by atoms with van der Waals surface area (Å²) in [6, 6.07) is 7.83. The van der Waals surface area contributed by atoms with Crippen LogP contribution in [-0.2, 0) is 4.79 Å². The van der Waals surface area contributed by atoms with Crippen molar-refractivity contribution in [1.29, 1.82) is 0 Å². The lowest BCUT2D eigenvalue weighted by atomic mass is 10.2. The molecule has 1 amide bonds.